The number of benzene rings is 2. The highest BCUT2D eigenvalue weighted by molar-refractivity contribution is 8.01. The van der Waals surface area contributed by atoms with Crippen LogP contribution >= 0.6 is 11.8 Å². The van der Waals surface area contributed by atoms with Gasteiger partial charge >= 0.3 is 0 Å². The lowest BCUT2D eigenvalue weighted by Gasteiger charge is -2.39. The predicted molar refractivity (Wildman–Crippen MR) is 130 cm³/mol. The van der Waals surface area contributed by atoms with Gasteiger partial charge in [0.25, 0.3) is 0 Å². The van der Waals surface area contributed by atoms with Crippen molar-refractivity contribution in [2.45, 2.75) is 37.1 Å². The zero-order valence-corrected chi connectivity index (χ0v) is 19.1. The van der Waals surface area contributed by atoms with Gasteiger partial charge in [-0.05, 0) is 56.5 Å². The van der Waals surface area contributed by atoms with E-state index >= 15 is 0 Å². The van der Waals surface area contributed by atoms with E-state index in [1.807, 2.05) is 32.0 Å². The standard InChI is InChI=1S/C24H25FN6S/c1-14-8-9-17(25)23-22(14)16(15(2)29-23)10-11-31(21-12-20(26)27-13-28-21)24(3)30-18-6-4-5-7-19(18)32-24/h4-9,12-13,29-30H,10-11H2,1-3H3,(H2,26,27,28). The van der Waals surface area contributed by atoms with Crippen LogP contribution < -0.4 is 16.0 Å². The molecule has 3 heterocycles. The molecule has 1 atom stereocenters. The van der Waals surface area contributed by atoms with Crippen molar-refractivity contribution in [1.29, 1.82) is 0 Å². The molecule has 4 aromatic rings. The number of fused-ring (bicyclic) bond motifs is 2. The Bertz CT molecular complexity index is 1290. The summed E-state index contributed by atoms with van der Waals surface area (Å²) in [5, 5.41) is 4.61. The van der Waals surface area contributed by atoms with Crippen molar-refractivity contribution >= 4 is 40.0 Å². The van der Waals surface area contributed by atoms with Gasteiger partial charge in [0.05, 0.1) is 11.2 Å². The molecule has 6 nitrogen and oxygen atoms in total. The highest BCUT2D eigenvalue weighted by atomic mass is 32.2. The van der Waals surface area contributed by atoms with E-state index in [2.05, 4.69) is 44.2 Å². The number of hydrogen-bond acceptors (Lipinski definition) is 6. The number of aromatic amines is 1. The van der Waals surface area contributed by atoms with Crippen LogP contribution in [0.15, 0.2) is 53.7 Å². The van der Waals surface area contributed by atoms with Gasteiger partial charge in [0, 0.05) is 28.6 Å². The SMILES string of the molecule is Cc1[nH]c2c(F)ccc(C)c2c1CCN(c1cc(N)ncn1)C1(C)Nc2ccccc2S1. The Morgan fingerprint density at radius 3 is 2.75 bits per heavy atom. The van der Waals surface area contributed by atoms with Gasteiger partial charge in [-0.1, -0.05) is 30.0 Å². The molecule has 2 aromatic heterocycles. The fraction of sp³-hybridized carbons (Fsp3) is 0.250. The van der Waals surface area contributed by atoms with Crippen LogP contribution in [0.2, 0.25) is 0 Å². The Morgan fingerprint density at radius 1 is 1.16 bits per heavy atom. The second kappa shape index (κ2) is 7.70. The molecule has 0 spiro atoms. The number of halogens is 1. The minimum Gasteiger partial charge on any atom is -0.384 e. The van der Waals surface area contributed by atoms with E-state index in [-0.39, 0.29) is 5.82 Å². The molecule has 0 saturated carbocycles. The highest BCUT2D eigenvalue weighted by Crippen LogP contribution is 2.48. The Morgan fingerprint density at radius 2 is 1.97 bits per heavy atom. The average Bonchev–Trinajstić information content (AvgIpc) is 3.28. The van der Waals surface area contributed by atoms with E-state index in [0.717, 1.165) is 33.7 Å². The van der Waals surface area contributed by atoms with Crippen LogP contribution in [0.4, 0.5) is 21.7 Å². The maximum Gasteiger partial charge on any atom is 0.162 e. The Hall–Kier alpha value is -3.26. The minimum atomic E-state index is -0.467. The third-order valence-electron chi connectivity index (χ3n) is 6.04. The molecular formula is C24H25FN6S. The van der Waals surface area contributed by atoms with E-state index in [0.29, 0.717) is 24.3 Å². The Kier molecular flexibility index (Phi) is 4.97. The van der Waals surface area contributed by atoms with Gasteiger partial charge in [0.2, 0.25) is 0 Å². The molecule has 0 aliphatic carbocycles. The Balaban J connectivity index is 1.53. The maximum atomic E-state index is 14.4. The summed E-state index contributed by atoms with van der Waals surface area (Å²) >= 11 is 1.74. The molecule has 0 radical (unpaired) electrons. The normalized spacial score (nSPS) is 17.4. The second-order valence-corrected chi connectivity index (χ2v) is 9.69. The number of aryl methyl sites for hydroxylation is 2. The van der Waals surface area contributed by atoms with Crippen molar-refractivity contribution in [3.8, 4) is 0 Å². The lowest BCUT2D eigenvalue weighted by molar-refractivity contribution is 0.637. The summed E-state index contributed by atoms with van der Waals surface area (Å²) in [6.07, 6.45) is 2.21. The Labute approximate surface area is 190 Å². The van der Waals surface area contributed by atoms with Gasteiger partial charge in [-0.15, -0.1) is 0 Å². The van der Waals surface area contributed by atoms with Crippen LogP contribution in [0.1, 0.15) is 23.7 Å². The molecule has 1 aliphatic heterocycles. The molecule has 32 heavy (non-hydrogen) atoms. The number of anilines is 3. The molecule has 0 bridgehead atoms. The van der Waals surface area contributed by atoms with E-state index in [1.54, 1.807) is 17.8 Å². The number of nitrogen functional groups attached to an aromatic ring is 1. The highest BCUT2D eigenvalue weighted by Gasteiger charge is 2.39. The molecule has 1 aliphatic rings. The maximum absolute atomic E-state index is 14.4. The first-order valence-corrected chi connectivity index (χ1v) is 11.3. The lowest BCUT2D eigenvalue weighted by Crippen LogP contribution is -2.49. The average molecular weight is 449 g/mol. The smallest absolute Gasteiger partial charge is 0.162 e. The summed E-state index contributed by atoms with van der Waals surface area (Å²) in [6, 6.07) is 13.4. The molecule has 0 saturated heterocycles. The number of rotatable bonds is 5. The van der Waals surface area contributed by atoms with Gasteiger partial charge < -0.3 is 20.9 Å². The molecule has 1 unspecified atom stereocenters. The molecule has 0 fully saturated rings. The van der Waals surface area contributed by atoms with E-state index in [1.165, 1.54) is 17.3 Å². The van der Waals surface area contributed by atoms with Gasteiger partial charge in [-0.2, -0.15) is 0 Å². The summed E-state index contributed by atoms with van der Waals surface area (Å²) < 4.78 is 14.4. The van der Waals surface area contributed by atoms with Crippen LogP contribution in [0.3, 0.4) is 0 Å². The zero-order chi connectivity index (χ0) is 22.5. The zero-order valence-electron chi connectivity index (χ0n) is 18.2. The van der Waals surface area contributed by atoms with Crippen molar-refractivity contribution in [2.24, 2.45) is 0 Å². The van der Waals surface area contributed by atoms with Crippen LogP contribution in [0, 0.1) is 19.7 Å². The number of nitrogens with two attached hydrogens (primary N) is 1. The van der Waals surface area contributed by atoms with Crippen molar-refractivity contribution in [3.63, 3.8) is 0 Å². The topological polar surface area (TPSA) is 82.9 Å². The number of H-pyrrole nitrogens is 1. The first-order chi connectivity index (χ1) is 15.4. The molecule has 8 heteroatoms. The van der Waals surface area contributed by atoms with E-state index in [9.17, 15) is 4.39 Å². The van der Waals surface area contributed by atoms with Crippen LogP contribution in [-0.2, 0) is 6.42 Å². The first kappa shape index (κ1) is 20.6. The molecular weight excluding hydrogens is 423 g/mol. The number of hydrogen-bond donors (Lipinski definition) is 3. The van der Waals surface area contributed by atoms with E-state index < -0.39 is 4.99 Å². The molecule has 164 valence electrons. The van der Waals surface area contributed by atoms with Crippen molar-refractivity contribution in [3.05, 3.63) is 71.4 Å². The lowest BCUT2D eigenvalue weighted by atomic mass is 10.0. The molecule has 4 N–H and O–H groups in total. The number of thioether (sulfide) groups is 1. The van der Waals surface area contributed by atoms with Crippen molar-refractivity contribution < 1.29 is 4.39 Å². The first-order valence-electron chi connectivity index (χ1n) is 10.5. The summed E-state index contributed by atoms with van der Waals surface area (Å²) in [6.45, 7) is 6.82. The summed E-state index contributed by atoms with van der Waals surface area (Å²) in [7, 11) is 0. The largest absolute Gasteiger partial charge is 0.384 e. The summed E-state index contributed by atoms with van der Waals surface area (Å²) in [5.41, 5.74) is 10.8. The number of nitrogens with zero attached hydrogens (tertiary/aromatic N) is 3. The monoisotopic (exact) mass is 448 g/mol. The van der Waals surface area contributed by atoms with Crippen molar-refractivity contribution in [1.82, 2.24) is 15.0 Å². The fourth-order valence-corrected chi connectivity index (χ4v) is 5.77. The van der Waals surface area contributed by atoms with Gasteiger partial charge in [0.1, 0.15) is 23.8 Å². The minimum absolute atomic E-state index is 0.226. The van der Waals surface area contributed by atoms with Crippen LogP contribution in [-0.4, -0.2) is 26.5 Å². The molecule has 5 rings (SSSR count). The number of nitrogens with one attached hydrogen (secondary N) is 2. The van der Waals surface area contributed by atoms with Gasteiger partial charge in [-0.25, -0.2) is 14.4 Å². The quantitative estimate of drug-likeness (QED) is 0.387. The van der Waals surface area contributed by atoms with Crippen molar-refractivity contribution in [2.75, 3.05) is 22.5 Å². The van der Waals surface area contributed by atoms with Gasteiger partial charge in [-0.3, -0.25) is 0 Å². The molecule has 2 aromatic carbocycles. The second-order valence-electron chi connectivity index (χ2n) is 8.25. The number of aromatic nitrogens is 3. The van der Waals surface area contributed by atoms with E-state index in [4.69, 9.17) is 5.73 Å². The van der Waals surface area contributed by atoms with Crippen LogP contribution in [0.25, 0.3) is 10.9 Å². The summed E-state index contributed by atoms with van der Waals surface area (Å²) in [5.74, 6) is 0.939. The third-order valence-corrected chi connectivity index (χ3v) is 7.34. The molecule has 0 amide bonds. The summed E-state index contributed by atoms with van der Waals surface area (Å²) in [4.78, 5) is 14.8. The number of para-hydroxylation sites is 1. The fourth-order valence-electron chi connectivity index (χ4n) is 4.51. The third kappa shape index (κ3) is 3.44. The van der Waals surface area contributed by atoms with Gasteiger partial charge in [0.15, 0.2) is 4.99 Å². The predicted octanol–water partition coefficient (Wildman–Crippen LogP) is 5.24. The van der Waals surface area contributed by atoms with Crippen LogP contribution in [0.5, 0.6) is 0 Å².